The smallest absolute Gasteiger partial charge is 0.345 e. The molecular weight excluding hydrogens is 378 g/mol. The van der Waals surface area contributed by atoms with E-state index in [0.29, 0.717) is 10.0 Å². The van der Waals surface area contributed by atoms with Crippen molar-refractivity contribution < 1.29 is 14.5 Å². The average molecular weight is 395 g/mol. The largest absolute Gasteiger partial charge is 0.503 e. The number of nitrogens with one attached hydrogen (secondary N) is 1. The number of thioether (sulfide) groups is 1. The number of nitrogens with zero attached hydrogens (tertiary/aromatic N) is 2. The van der Waals surface area contributed by atoms with Crippen LogP contribution in [0.2, 0.25) is 4.47 Å². The van der Waals surface area contributed by atoms with Gasteiger partial charge in [-0.25, -0.2) is 9.78 Å². The van der Waals surface area contributed by atoms with Crippen LogP contribution in [0.4, 0.5) is 0 Å². The molecule has 2 aromatic rings. The van der Waals surface area contributed by atoms with Gasteiger partial charge >= 0.3 is 11.1 Å². The first kappa shape index (κ1) is 18.0. The lowest BCUT2D eigenvalue weighted by atomic mass is 10.1. The van der Waals surface area contributed by atoms with Gasteiger partial charge in [-0.15, -0.1) is 11.3 Å². The van der Waals surface area contributed by atoms with Gasteiger partial charge in [0, 0.05) is 6.20 Å². The standard InChI is InChI=1S/C17H16ClN3O2S2/c1-19-17-21(13(10-24-17)14-8-20-16(18)25-14)15(22)12(9-23-2)11-6-4-3-5-7-11/h3-9,13H,10H2,1-2H3/p+1/b12-9+,19-17?. The van der Waals surface area contributed by atoms with Crippen molar-refractivity contribution in [3.8, 4) is 0 Å². The van der Waals surface area contributed by atoms with Gasteiger partial charge in [0.15, 0.2) is 10.5 Å². The lowest BCUT2D eigenvalue weighted by molar-refractivity contribution is -0.421. The zero-order valence-corrected chi connectivity index (χ0v) is 16.1. The van der Waals surface area contributed by atoms with Gasteiger partial charge in [-0.3, -0.25) is 4.99 Å². The Labute approximate surface area is 159 Å². The van der Waals surface area contributed by atoms with Gasteiger partial charge in [0.1, 0.15) is 5.57 Å². The van der Waals surface area contributed by atoms with E-state index in [1.165, 1.54) is 24.7 Å². The monoisotopic (exact) mass is 394 g/mol. The molecule has 2 heterocycles. The van der Waals surface area contributed by atoms with Gasteiger partial charge in [-0.05, 0) is 17.3 Å². The van der Waals surface area contributed by atoms with Crippen LogP contribution in [0.15, 0.2) is 42.8 Å². The zero-order valence-electron chi connectivity index (χ0n) is 13.7. The molecule has 1 unspecified atom stereocenters. The molecule has 1 N–H and O–H groups in total. The fourth-order valence-corrected chi connectivity index (χ4v) is 4.89. The van der Waals surface area contributed by atoms with E-state index >= 15 is 0 Å². The third-order valence-electron chi connectivity index (χ3n) is 3.72. The van der Waals surface area contributed by atoms with E-state index in [4.69, 9.17) is 16.3 Å². The molecule has 1 atom stereocenters. The normalized spacial score (nSPS) is 19.5. The predicted molar refractivity (Wildman–Crippen MR) is 102 cm³/mol. The number of ether oxygens (including phenoxy) is 1. The molecule has 1 amide bonds. The number of benzene rings is 1. The molecule has 5 nitrogen and oxygen atoms in total. The van der Waals surface area contributed by atoms with Gasteiger partial charge in [0.2, 0.25) is 0 Å². The summed E-state index contributed by atoms with van der Waals surface area (Å²) >= 11 is 8.98. The van der Waals surface area contributed by atoms with E-state index in [1.54, 1.807) is 22.9 Å². The van der Waals surface area contributed by atoms with Crippen LogP contribution < -0.4 is 4.99 Å². The van der Waals surface area contributed by atoms with Crippen molar-refractivity contribution >= 4 is 51.3 Å². The molecule has 0 spiro atoms. The lowest BCUT2D eigenvalue weighted by Gasteiger charge is -2.17. The summed E-state index contributed by atoms with van der Waals surface area (Å²) in [6.45, 7) is 0. The topological polar surface area (TPSA) is 56.4 Å². The Morgan fingerprint density at radius 2 is 2.20 bits per heavy atom. The Morgan fingerprint density at radius 1 is 1.44 bits per heavy atom. The minimum atomic E-state index is -0.128. The molecule has 0 bridgehead atoms. The van der Waals surface area contributed by atoms with Gasteiger partial charge in [-0.2, -0.15) is 4.90 Å². The molecule has 1 fully saturated rings. The molecule has 1 aliphatic rings. The third kappa shape index (κ3) is 3.73. The summed E-state index contributed by atoms with van der Waals surface area (Å²) in [4.78, 5) is 23.3. The third-order valence-corrected chi connectivity index (χ3v) is 6.09. The number of halogens is 1. The van der Waals surface area contributed by atoms with E-state index in [0.717, 1.165) is 21.4 Å². The maximum absolute atomic E-state index is 13.4. The molecule has 130 valence electrons. The summed E-state index contributed by atoms with van der Waals surface area (Å²) in [7, 11) is 3.35. The van der Waals surface area contributed by atoms with Crippen LogP contribution in [-0.2, 0) is 9.53 Å². The van der Waals surface area contributed by atoms with Crippen molar-refractivity contribution in [2.24, 2.45) is 0 Å². The van der Waals surface area contributed by atoms with Gasteiger partial charge < -0.3 is 4.74 Å². The van der Waals surface area contributed by atoms with Gasteiger partial charge in [0.25, 0.3) is 0 Å². The Morgan fingerprint density at radius 3 is 2.80 bits per heavy atom. The molecule has 1 saturated heterocycles. The molecule has 1 aromatic heterocycles. The average Bonchev–Trinajstić information content (AvgIpc) is 3.25. The number of hydrogen-bond acceptors (Lipinski definition) is 5. The number of thiazole rings is 1. The Kier molecular flexibility index (Phi) is 5.78. The molecule has 25 heavy (non-hydrogen) atoms. The summed E-state index contributed by atoms with van der Waals surface area (Å²) in [5.74, 6) is 0.618. The first-order valence-electron chi connectivity index (χ1n) is 7.56. The molecule has 8 heteroatoms. The van der Waals surface area contributed by atoms with Gasteiger partial charge in [0.05, 0.1) is 31.0 Å². The Hall–Kier alpha value is -1.83. The molecule has 0 radical (unpaired) electrons. The molecule has 3 rings (SSSR count). The van der Waals surface area contributed by atoms with Crippen molar-refractivity contribution in [3.05, 3.63) is 57.7 Å². The highest BCUT2D eigenvalue weighted by Gasteiger charge is 2.45. The predicted octanol–water partition coefficient (Wildman–Crippen LogP) is 2.17. The van der Waals surface area contributed by atoms with Crippen molar-refractivity contribution in [1.29, 1.82) is 0 Å². The summed E-state index contributed by atoms with van der Waals surface area (Å²) < 4.78 is 5.65. The highest BCUT2D eigenvalue weighted by atomic mass is 35.5. The number of aromatic nitrogens is 1. The second kappa shape index (κ2) is 8.03. The molecule has 0 aliphatic carbocycles. The van der Waals surface area contributed by atoms with Crippen molar-refractivity contribution in [2.45, 2.75) is 6.04 Å². The fraction of sp³-hybridized carbons (Fsp3) is 0.235. The van der Waals surface area contributed by atoms with Crippen molar-refractivity contribution in [3.63, 3.8) is 0 Å². The summed E-state index contributed by atoms with van der Waals surface area (Å²) in [6, 6.07) is 9.38. The van der Waals surface area contributed by atoms with Crippen LogP contribution in [0.25, 0.3) is 5.57 Å². The van der Waals surface area contributed by atoms with E-state index < -0.39 is 0 Å². The van der Waals surface area contributed by atoms with Crippen molar-refractivity contribution in [2.75, 3.05) is 19.9 Å². The maximum atomic E-state index is 13.4. The quantitative estimate of drug-likeness (QED) is 0.637. The first-order chi connectivity index (χ1) is 12.2. The lowest BCUT2D eigenvalue weighted by Crippen LogP contribution is -2.70. The van der Waals surface area contributed by atoms with Crippen LogP contribution in [0.1, 0.15) is 16.5 Å². The summed E-state index contributed by atoms with van der Waals surface area (Å²) in [6.07, 6.45) is 3.23. The van der Waals surface area contributed by atoms with Crippen LogP contribution in [0.3, 0.4) is 0 Å². The fourth-order valence-electron chi connectivity index (χ4n) is 2.60. The number of hydrogen-bond donors (Lipinski definition) is 1. The van der Waals surface area contributed by atoms with E-state index in [9.17, 15) is 4.79 Å². The Balaban J connectivity index is 2.00. The molecule has 1 aromatic carbocycles. The zero-order chi connectivity index (χ0) is 17.8. The Bertz CT molecular complexity index is 820. The van der Waals surface area contributed by atoms with E-state index in [1.807, 2.05) is 37.4 Å². The van der Waals surface area contributed by atoms with Crippen molar-refractivity contribution in [1.82, 2.24) is 9.88 Å². The minimum absolute atomic E-state index is 0.117. The maximum Gasteiger partial charge on any atom is 0.345 e. The number of amides is 1. The highest BCUT2D eigenvalue weighted by Crippen LogP contribution is 2.38. The van der Waals surface area contributed by atoms with Crippen LogP contribution in [0, 0.1) is 0 Å². The van der Waals surface area contributed by atoms with Crippen LogP contribution >= 0.6 is 34.7 Å². The van der Waals surface area contributed by atoms with Crippen LogP contribution in [-0.4, -0.2) is 40.9 Å². The summed E-state index contributed by atoms with van der Waals surface area (Å²) in [5.41, 5.74) is 1.31. The van der Waals surface area contributed by atoms with Crippen LogP contribution in [0.5, 0.6) is 0 Å². The minimum Gasteiger partial charge on any atom is -0.503 e. The number of carbonyl (C=O) groups excluding carboxylic acids is 1. The van der Waals surface area contributed by atoms with Gasteiger partial charge in [-0.1, -0.05) is 41.9 Å². The van der Waals surface area contributed by atoms with E-state index in [2.05, 4.69) is 9.98 Å². The number of methoxy groups -OCH3 is 1. The first-order valence-corrected chi connectivity index (χ1v) is 9.74. The SMILES string of the molecule is C[NH+]=C1SCC(c2cnc(Cl)s2)N1C(=O)/C(=C/OC)c1ccccc1. The second-order valence-corrected chi connectivity index (χ2v) is 7.86. The number of carbonyl (C=O) groups is 1. The number of amidine groups is 1. The summed E-state index contributed by atoms with van der Waals surface area (Å²) in [5, 5.41) is 0.803. The molecular formula is C17H17ClN3O2S2+. The molecule has 0 saturated carbocycles. The number of rotatable bonds is 4. The second-order valence-electron chi connectivity index (χ2n) is 5.21. The highest BCUT2D eigenvalue weighted by molar-refractivity contribution is 8.13. The molecule has 1 aliphatic heterocycles. The van der Waals surface area contributed by atoms with E-state index in [-0.39, 0.29) is 11.9 Å².